The quantitative estimate of drug-likeness (QED) is 0.508. The number of hydrogen-bond donors (Lipinski definition) is 3. The Morgan fingerprint density at radius 1 is 1.03 bits per heavy atom. The minimum Gasteiger partial charge on any atom is -0.507 e. The molecule has 3 amide bonds. The van der Waals surface area contributed by atoms with E-state index in [4.69, 9.17) is 0 Å². The highest BCUT2D eigenvalue weighted by Crippen LogP contribution is 2.27. The molecule has 1 fully saturated rings. The molecule has 0 atom stereocenters. The lowest BCUT2D eigenvalue weighted by atomic mass is 9.95. The number of carbonyl (C=O) groups excluding carboxylic acids is 3. The van der Waals surface area contributed by atoms with Crippen molar-refractivity contribution in [2.24, 2.45) is 5.92 Å². The number of anilines is 2. The molecule has 1 aliphatic rings. The first-order chi connectivity index (χ1) is 16.3. The zero-order valence-corrected chi connectivity index (χ0v) is 18.4. The molecule has 4 rings (SSSR count). The second-order valence-corrected chi connectivity index (χ2v) is 8.48. The molecule has 1 aliphatic heterocycles. The summed E-state index contributed by atoms with van der Waals surface area (Å²) in [7, 11) is 0. The molecule has 0 unspecified atom stereocenters. The molecule has 0 radical (unpaired) electrons. The molecule has 0 bridgehead atoms. The fraction of sp³-hybridized carbons (Fsp3) is 0.227. The number of carbonyl (C=O) groups is 3. The molecular weight excluding hydrogens is 468 g/mol. The van der Waals surface area contributed by atoms with E-state index in [0.717, 1.165) is 12.1 Å². The zero-order chi connectivity index (χ0) is 24.2. The van der Waals surface area contributed by atoms with Crippen LogP contribution in [0.4, 0.5) is 19.6 Å². The predicted octanol–water partition coefficient (Wildman–Crippen LogP) is 3.27. The van der Waals surface area contributed by atoms with Gasteiger partial charge in [0.15, 0.2) is 0 Å². The summed E-state index contributed by atoms with van der Waals surface area (Å²) >= 11 is 1.22. The van der Waals surface area contributed by atoms with Crippen molar-refractivity contribution in [1.82, 2.24) is 15.1 Å². The van der Waals surface area contributed by atoms with Gasteiger partial charge in [0, 0.05) is 42.4 Å². The van der Waals surface area contributed by atoms with Gasteiger partial charge in [-0.3, -0.25) is 14.4 Å². The van der Waals surface area contributed by atoms with Crippen molar-refractivity contribution in [3.63, 3.8) is 0 Å². The highest BCUT2D eigenvalue weighted by molar-refractivity contribution is 7.13. The van der Waals surface area contributed by atoms with E-state index < -0.39 is 23.4 Å². The SMILES string of the molecule is O=C(Nc1ccc(C(=O)N2CCC(C(=O)Nc3nncs3)CC2)c(O)c1)c1cc(F)cc(F)c1. The zero-order valence-electron chi connectivity index (χ0n) is 17.6. The topological polar surface area (TPSA) is 125 Å². The van der Waals surface area contributed by atoms with Crippen molar-refractivity contribution >= 4 is 39.9 Å². The molecule has 176 valence electrons. The number of phenols is 1. The Morgan fingerprint density at radius 2 is 1.74 bits per heavy atom. The monoisotopic (exact) mass is 487 g/mol. The molecule has 2 heterocycles. The Balaban J connectivity index is 1.36. The van der Waals surface area contributed by atoms with Crippen molar-refractivity contribution < 1.29 is 28.3 Å². The molecule has 1 saturated heterocycles. The number of phenolic OH excluding ortho intramolecular Hbond substituents is 1. The van der Waals surface area contributed by atoms with Gasteiger partial charge in [0.05, 0.1) is 5.56 Å². The summed E-state index contributed by atoms with van der Waals surface area (Å²) in [6, 6.07) is 6.36. The van der Waals surface area contributed by atoms with Crippen LogP contribution >= 0.6 is 11.3 Å². The van der Waals surface area contributed by atoms with Gasteiger partial charge >= 0.3 is 0 Å². The highest BCUT2D eigenvalue weighted by Gasteiger charge is 2.29. The van der Waals surface area contributed by atoms with E-state index in [1.165, 1.54) is 39.9 Å². The third kappa shape index (κ3) is 5.34. The van der Waals surface area contributed by atoms with Crippen molar-refractivity contribution in [3.8, 4) is 5.75 Å². The average molecular weight is 487 g/mol. The van der Waals surface area contributed by atoms with Crippen molar-refractivity contribution in [3.05, 3.63) is 64.7 Å². The van der Waals surface area contributed by atoms with E-state index in [1.807, 2.05) is 0 Å². The summed E-state index contributed by atoms with van der Waals surface area (Å²) in [5.74, 6) is -3.77. The van der Waals surface area contributed by atoms with Crippen molar-refractivity contribution in [2.75, 3.05) is 23.7 Å². The van der Waals surface area contributed by atoms with Gasteiger partial charge in [-0.2, -0.15) is 0 Å². The number of likely N-dealkylation sites (tertiary alicyclic amines) is 1. The molecule has 2 aromatic carbocycles. The van der Waals surface area contributed by atoms with Gasteiger partial charge in [0.2, 0.25) is 11.0 Å². The number of aromatic hydroxyl groups is 1. The Bertz CT molecular complexity index is 1210. The lowest BCUT2D eigenvalue weighted by Gasteiger charge is -2.31. The van der Waals surface area contributed by atoms with Gasteiger partial charge in [0.25, 0.3) is 11.8 Å². The first-order valence-electron chi connectivity index (χ1n) is 10.3. The first kappa shape index (κ1) is 23.2. The van der Waals surface area contributed by atoms with Gasteiger partial charge in [-0.25, -0.2) is 8.78 Å². The molecule has 12 heteroatoms. The van der Waals surface area contributed by atoms with Crippen LogP contribution in [0.25, 0.3) is 0 Å². The van der Waals surface area contributed by atoms with Gasteiger partial charge in [-0.1, -0.05) is 11.3 Å². The smallest absolute Gasteiger partial charge is 0.257 e. The average Bonchev–Trinajstić information content (AvgIpc) is 3.31. The van der Waals surface area contributed by atoms with Crippen LogP contribution in [0.5, 0.6) is 5.75 Å². The van der Waals surface area contributed by atoms with Crippen LogP contribution in [-0.4, -0.2) is 51.0 Å². The molecular formula is C22H19F2N5O4S. The summed E-state index contributed by atoms with van der Waals surface area (Å²) in [5, 5.41) is 23.3. The number of benzene rings is 2. The number of halogens is 2. The van der Waals surface area contributed by atoms with E-state index in [-0.39, 0.29) is 34.4 Å². The Hall–Kier alpha value is -3.93. The number of nitrogens with zero attached hydrogens (tertiary/aromatic N) is 3. The molecule has 0 aliphatic carbocycles. The maximum absolute atomic E-state index is 13.3. The normalized spacial score (nSPS) is 14.0. The van der Waals surface area contributed by atoms with Gasteiger partial charge in [-0.05, 0) is 37.1 Å². The summed E-state index contributed by atoms with van der Waals surface area (Å²) < 4.78 is 26.7. The molecule has 1 aromatic heterocycles. The lowest BCUT2D eigenvalue weighted by molar-refractivity contribution is -0.121. The summed E-state index contributed by atoms with van der Waals surface area (Å²) in [5.41, 5.74) is 1.47. The lowest BCUT2D eigenvalue weighted by Crippen LogP contribution is -2.41. The predicted molar refractivity (Wildman–Crippen MR) is 120 cm³/mol. The molecule has 3 N–H and O–H groups in total. The van der Waals surface area contributed by atoms with Gasteiger partial charge in [0.1, 0.15) is 22.9 Å². The van der Waals surface area contributed by atoms with Crippen molar-refractivity contribution in [1.29, 1.82) is 0 Å². The first-order valence-corrected chi connectivity index (χ1v) is 11.1. The summed E-state index contributed by atoms with van der Waals surface area (Å²) in [6.45, 7) is 0.659. The van der Waals surface area contributed by atoms with Crippen LogP contribution in [0.1, 0.15) is 33.6 Å². The van der Waals surface area contributed by atoms with Gasteiger partial charge in [-0.15, -0.1) is 10.2 Å². The fourth-order valence-electron chi connectivity index (χ4n) is 3.63. The van der Waals surface area contributed by atoms with Crippen LogP contribution < -0.4 is 10.6 Å². The molecule has 0 spiro atoms. The molecule has 0 saturated carbocycles. The fourth-order valence-corrected chi connectivity index (χ4v) is 4.08. The van der Waals surface area contributed by atoms with Crippen LogP contribution in [0.3, 0.4) is 0 Å². The minimum absolute atomic E-state index is 0.0339. The number of aromatic nitrogens is 2. The second kappa shape index (κ2) is 9.91. The largest absolute Gasteiger partial charge is 0.507 e. The molecule has 9 nitrogen and oxygen atoms in total. The van der Waals surface area contributed by atoms with E-state index in [2.05, 4.69) is 20.8 Å². The maximum Gasteiger partial charge on any atom is 0.257 e. The Kier molecular flexibility index (Phi) is 6.77. The third-order valence-electron chi connectivity index (χ3n) is 5.35. The second-order valence-electron chi connectivity index (χ2n) is 7.64. The van der Waals surface area contributed by atoms with Gasteiger partial charge < -0.3 is 20.6 Å². The van der Waals surface area contributed by atoms with Crippen LogP contribution in [0, 0.1) is 17.6 Å². The minimum atomic E-state index is -0.893. The van der Waals surface area contributed by atoms with E-state index in [1.54, 1.807) is 0 Å². The van der Waals surface area contributed by atoms with Crippen LogP contribution in [0.2, 0.25) is 0 Å². The third-order valence-corrected chi connectivity index (χ3v) is 5.96. The standard InChI is InChI=1S/C22H19F2N5O4S/c23-14-7-13(8-15(24)9-14)20(32)26-16-1-2-17(18(30)10-16)21(33)29-5-3-12(4-6-29)19(31)27-22-28-25-11-34-22/h1-2,7-12,30H,3-6H2,(H,26,32)(H,27,28,31). The summed E-state index contributed by atoms with van der Waals surface area (Å²) in [6.07, 6.45) is 0.908. The van der Waals surface area contributed by atoms with E-state index >= 15 is 0 Å². The van der Waals surface area contributed by atoms with E-state index in [0.29, 0.717) is 37.1 Å². The Morgan fingerprint density at radius 3 is 2.35 bits per heavy atom. The molecule has 34 heavy (non-hydrogen) atoms. The number of amides is 3. The number of nitrogens with one attached hydrogen (secondary N) is 2. The van der Waals surface area contributed by atoms with Crippen molar-refractivity contribution in [2.45, 2.75) is 12.8 Å². The van der Waals surface area contributed by atoms with E-state index in [9.17, 15) is 28.3 Å². The maximum atomic E-state index is 13.3. The number of rotatable bonds is 5. The molecule has 3 aromatic rings. The number of hydrogen-bond acceptors (Lipinski definition) is 7. The van der Waals surface area contributed by atoms with Crippen LogP contribution in [0.15, 0.2) is 41.9 Å². The highest BCUT2D eigenvalue weighted by atomic mass is 32.1. The van der Waals surface area contributed by atoms with Crippen LogP contribution in [-0.2, 0) is 4.79 Å². The Labute approximate surface area is 196 Å². The number of piperidine rings is 1. The summed E-state index contributed by atoms with van der Waals surface area (Å²) in [4.78, 5) is 39.0.